The van der Waals surface area contributed by atoms with E-state index in [0.29, 0.717) is 5.56 Å². The number of rotatable bonds is 6. The fourth-order valence-electron chi connectivity index (χ4n) is 1.89. The normalized spacial score (nSPS) is 11.4. The molecule has 0 spiro atoms. The number of aromatic nitrogens is 1. The van der Waals surface area contributed by atoms with E-state index < -0.39 is 0 Å². The van der Waals surface area contributed by atoms with Gasteiger partial charge in [-0.15, -0.1) is 0 Å². The molecule has 0 bridgehead atoms. The molecule has 0 aromatic carbocycles. The van der Waals surface area contributed by atoms with Crippen LogP contribution in [0.4, 0.5) is 0 Å². The zero-order valence-electron chi connectivity index (χ0n) is 11.7. The predicted molar refractivity (Wildman–Crippen MR) is 75.3 cm³/mol. The average molecular weight is 263 g/mol. The van der Waals surface area contributed by atoms with Gasteiger partial charge in [0.2, 0.25) is 0 Å². The van der Waals surface area contributed by atoms with Gasteiger partial charge in [0, 0.05) is 23.4 Å². The van der Waals surface area contributed by atoms with Gasteiger partial charge in [-0.3, -0.25) is 4.98 Å². The Morgan fingerprint density at radius 3 is 2.79 bits per heavy atom. The Labute approximate surface area is 113 Å². The third-order valence-electron chi connectivity index (χ3n) is 3.08. The lowest BCUT2D eigenvalue weighted by Gasteiger charge is -2.12. The van der Waals surface area contributed by atoms with Crippen LogP contribution >= 0.6 is 0 Å². The van der Waals surface area contributed by atoms with Crippen molar-refractivity contribution in [3.05, 3.63) is 40.9 Å². The van der Waals surface area contributed by atoms with E-state index in [-0.39, 0.29) is 5.84 Å². The minimum absolute atomic E-state index is 0.0903. The van der Waals surface area contributed by atoms with E-state index in [0.717, 1.165) is 42.0 Å². The summed E-state index contributed by atoms with van der Waals surface area (Å²) in [5.41, 5.74) is 9.17. The van der Waals surface area contributed by atoms with Crippen LogP contribution in [0.1, 0.15) is 35.9 Å². The van der Waals surface area contributed by atoms with Crippen LogP contribution in [0, 0.1) is 6.92 Å². The molecule has 5 nitrogen and oxygen atoms in total. The Bertz CT molecular complexity index is 496. The lowest BCUT2D eigenvalue weighted by Crippen LogP contribution is -2.17. The Morgan fingerprint density at radius 1 is 1.58 bits per heavy atom. The van der Waals surface area contributed by atoms with Crippen LogP contribution < -0.4 is 5.73 Å². The monoisotopic (exact) mass is 263 g/mol. The molecule has 104 valence electrons. The Kier molecular flexibility index (Phi) is 5.36. The Balaban J connectivity index is 3.06. The second-order valence-electron chi connectivity index (χ2n) is 4.31. The highest BCUT2D eigenvalue weighted by molar-refractivity contribution is 5.98. The first-order valence-electron chi connectivity index (χ1n) is 6.22. The molecule has 0 saturated heterocycles. The van der Waals surface area contributed by atoms with E-state index >= 15 is 0 Å². The molecule has 1 aromatic heterocycles. The molecular weight excluding hydrogens is 242 g/mol. The molecule has 19 heavy (non-hydrogen) atoms. The van der Waals surface area contributed by atoms with Crippen LogP contribution in [0.5, 0.6) is 0 Å². The number of hydrogen-bond acceptors (Lipinski definition) is 4. The average Bonchev–Trinajstić information content (AvgIpc) is 2.43. The van der Waals surface area contributed by atoms with Gasteiger partial charge in [-0.25, -0.2) is 0 Å². The molecule has 1 aromatic rings. The van der Waals surface area contributed by atoms with Crippen molar-refractivity contribution in [2.24, 2.45) is 10.9 Å². The summed E-state index contributed by atoms with van der Waals surface area (Å²) in [6.45, 7) is 7.70. The summed E-state index contributed by atoms with van der Waals surface area (Å²) in [5, 5.41) is 11.8. The zero-order chi connectivity index (χ0) is 14.4. The first-order valence-corrected chi connectivity index (χ1v) is 6.22. The maximum absolute atomic E-state index is 8.76. The van der Waals surface area contributed by atoms with Crippen molar-refractivity contribution in [2.45, 2.75) is 33.1 Å². The van der Waals surface area contributed by atoms with Crippen molar-refractivity contribution in [2.75, 3.05) is 7.11 Å². The fourth-order valence-corrected chi connectivity index (χ4v) is 1.89. The molecule has 0 saturated carbocycles. The van der Waals surface area contributed by atoms with Crippen molar-refractivity contribution in [3.8, 4) is 0 Å². The van der Waals surface area contributed by atoms with Crippen LogP contribution in [0.15, 0.2) is 23.6 Å². The number of amidine groups is 1. The van der Waals surface area contributed by atoms with Gasteiger partial charge in [0.1, 0.15) is 0 Å². The molecule has 5 heteroatoms. The predicted octanol–water partition coefficient (Wildman–Crippen LogP) is 2.14. The number of oxime groups is 1. The van der Waals surface area contributed by atoms with Crippen molar-refractivity contribution in [3.63, 3.8) is 0 Å². The molecule has 0 aliphatic rings. The number of ether oxygens (including phenoxy) is 1. The summed E-state index contributed by atoms with van der Waals surface area (Å²) >= 11 is 0. The maximum Gasteiger partial charge on any atom is 0.171 e. The van der Waals surface area contributed by atoms with Gasteiger partial charge in [0.05, 0.1) is 12.9 Å². The lowest BCUT2D eigenvalue weighted by atomic mass is 10.0. The summed E-state index contributed by atoms with van der Waals surface area (Å²) in [6.07, 6.45) is 2.35. The molecule has 0 unspecified atom stereocenters. The quantitative estimate of drug-likeness (QED) is 0.271. The summed E-state index contributed by atoms with van der Waals surface area (Å²) in [6, 6.07) is 1.93. The first-order chi connectivity index (χ1) is 9.03. The highest BCUT2D eigenvalue weighted by Crippen LogP contribution is 2.17. The number of nitrogens with zero attached hydrogens (tertiary/aromatic N) is 2. The third-order valence-corrected chi connectivity index (χ3v) is 3.08. The second-order valence-corrected chi connectivity index (χ2v) is 4.31. The van der Waals surface area contributed by atoms with E-state index in [1.165, 1.54) is 0 Å². The van der Waals surface area contributed by atoms with Crippen molar-refractivity contribution in [1.29, 1.82) is 0 Å². The fraction of sp³-hybridized carbons (Fsp3) is 0.429. The van der Waals surface area contributed by atoms with Gasteiger partial charge in [0.15, 0.2) is 5.84 Å². The molecule has 3 N–H and O–H groups in total. The van der Waals surface area contributed by atoms with Crippen LogP contribution in [0.3, 0.4) is 0 Å². The largest absolute Gasteiger partial charge is 0.502 e. The number of nitrogens with two attached hydrogens (primary N) is 1. The SMILES string of the molecule is C=C(CCc1nc(C)c(/C(N)=N/O)cc1CC)OC. The molecule has 0 amide bonds. The van der Waals surface area contributed by atoms with Gasteiger partial charge < -0.3 is 15.7 Å². The molecule has 0 aliphatic carbocycles. The Hall–Kier alpha value is -2.04. The summed E-state index contributed by atoms with van der Waals surface area (Å²) in [4.78, 5) is 4.55. The highest BCUT2D eigenvalue weighted by Gasteiger charge is 2.11. The van der Waals surface area contributed by atoms with Gasteiger partial charge in [-0.1, -0.05) is 18.7 Å². The third kappa shape index (κ3) is 3.71. The number of pyridine rings is 1. The number of hydrogen-bond donors (Lipinski definition) is 2. The molecule has 1 rings (SSSR count). The van der Waals surface area contributed by atoms with Crippen molar-refractivity contribution < 1.29 is 9.94 Å². The van der Waals surface area contributed by atoms with Crippen molar-refractivity contribution >= 4 is 5.84 Å². The van der Waals surface area contributed by atoms with Gasteiger partial charge >= 0.3 is 0 Å². The maximum atomic E-state index is 8.76. The lowest BCUT2D eigenvalue weighted by molar-refractivity contribution is 0.279. The standard InChI is InChI=1S/C14H21N3O2/c1-5-11-8-12(14(15)17-18)10(3)16-13(11)7-6-9(2)19-4/h8,18H,2,5-7H2,1,3-4H3,(H2,15,17). The number of allylic oxidation sites excluding steroid dienone is 1. The zero-order valence-corrected chi connectivity index (χ0v) is 11.7. The van der Waals surface area contributed by atoms with E-state index in [1.807, 2.05) is 13.0 Å². The first kappa shape index (κ1) is 15.0. The minimum atomic E-state index is 0.0903. The van der Waals surface area contributed by atoms with Crippen LogP contribution in [-0.2, 0) is 17.6 Å². The molecule has 1 heterocycles. The van der Waals surface area contributed by atoms with Gasteiger partial charge in [-0.2, -0.15) is 0 Å². The van der Waals surface area contributed by atoms with E-state index in [4.69, 9.17) is 15.7 Å². The topological polar surface area (TPSA) is 80.7 Å². The second kappa shape index (κ2) is 6.78. The van der Waals surface area contributed by atoms with E-state index in [2.05, 4.69) is 23.6 Å². The van der Waals surface area contributed by atoms with Crippen molar-refractivity contribution in [1.82, 2.24) is 4.98 Å². The highest BCUT2D eigenvalue weighted by atomic mass is 16.5. The summed E-state index contributed by atoms with van der Waals surface area (Å²) in [7, 11) is 1.61. The summed E-state index contributed by atoms with van der Waals surface area (Å²) < 4.78 is 5.06. The summed E-state index contributed by atoms with van der Waals surface area (Å²) in [5.74, 6) is 0.828. The minimum Gasteiger partial charge on any atom is -0.502 e. The number of methoxy groups -OCH3 is 1. The Morgan fingerprint density at radius 2 is 2.26 bits per heavy atom. The smallest absolute Gasteiger partial charge is 0.171 e. The molecule has 0 radical (unpaired) electrons. The van der Waals surface area contributed by atoms with E-state index in [9.17, 15) is 0 Å². The van der Waals surface area contributed by atoms with Crippen LogP contribution in [0.2, 0.25) is 0 Å². The van der Waals surface area contributed by atoms with E-state index in [1.54, 1.807) is 7.11 Å². The molecule has 0 atom stereocenters. The molecular formula is C14H21N3O2. The van der Waals surface area contributed by atoms with Gasteiger partial charge in [0.25, 0.3) is 0 Å². The van der Waals surface area contributed by atoms with Crippen LogP contribution in [-0.4, -0.2) is 23.1 Å². The van der Waals surface area contributed by atoms with Crippen LogP contribution in [0.25, 0.3) is 0 Å². The molecule has 0 aliphatic heterocycles. The molecule has 0 fully saturated rings. The number of aryl methyl sites for hydroxylation is 3. The van der Waals surface area contributed by atoms with Gasteiger partial charge in [-0.05, 0) is 31.4 Å².